The molecule has 1 aromatic carbocycles. The fourth-order valence-electron chi connectivity index (χ4n) is 1.98. The molecule has 1 nitrogen and oxygen atoms in total. The van der Waals surface area contributed by atoms with Crippen LogP contribution < -0.4 is 0 Å². The molecular formula is C16H18FN. The molecule has 1 heterocycles. The van der Waals surface area contributed by atoms with E-state index in [1.165, 1.54) is 25.3 Å². The van der Waals surface area contributed by atoms with Gasteiger partial charge < -0.3 is 4.98 Å². The Balaban J connectivity index is 2.00. The van der Waals surface area contributed by atoms with E-state index < -0.39 is 0 Å². The van der Waals surface area contributed by atoms with Crippen molar-refractivity contribution in [3.05, 3.63) is 35.8 Å². The second-order valence-corrected chi connectivity index (χ2v) is 4.50. The van der Waals surface area contributed by atoms with Crippen LogP contribution in [0.25, 0.3) is 10.9 Å². The molecule has 94 valence electrons. The van der Waals surface area contributed by atoms with Gasteiger partial charge in [-0.15, -0.1) is 0 Å². The molecule has 1 N–H and O–H groups in total. The molecule has 2 rings (SSSR count). The van der Waals surface area contributed by atoms with E-state index in [4.69, 9.17) is 0 Å². The summed E-state index contributed by atoms with van der Waals surface area (Å²) in [6, 6.07) is 6.82. The Morgan fingerprint density at radius 3 is 2.89 bits per heavy atom. The van der Waals surface area contributed by atoms with Crippen molar-refractivity contribution in [3.63, 3.8) is 0 Å². The molecule has 2 aromatic rings. The number of benzene rings is 1. The molecule has 0 unspecified atom stereocenters. The summed E-state index contributed by atoms with van der Waals surface area (Å²) >= 11 is 0. The monoisotopic (exact) mass is 243 g/mol. The summed E-state index contributed by atoms with van der Waals surface area (Å²) in [6.45, 7) is 2.20. The third-order valence-electron chi connectivity index (χ3n) is 2.99. The topological polar surface area (TPSA) is 15.8 Å². The number of hydrogen-bond donors (Lipinski definition) is 1. The van der Waals surface area contributed by atoms with Gasteiger partial charge in [0.05, 0.1) is 5.69 Å². The summed E-state index contributed by atoms with van der Waals surface area (Å²) < 4.78 is 13.5. The minimum absolute atomic E-state index is 0.195. The van der Waals surface area contributed by atoms with Crippen molar-refractivity contribution in [2.45, 2.75) is 39.0 Å². The van der Waals surface area contributed by atoms with E-state index >= 15 is 0 Å². The second kappa shape index (κ2) is 6.26. The Kier molecular flexibility index (Phi) is 4.41. The molecule has 18 heavy (non-hydrogen) atoms. The van der Waals surface area contributed by atoms with Crippen LogP contribution in [-0.4, -0.2) is 4.98 Å². The first kappa shape index (κ1) is 12.7. The zero-order chi connectivity index (χ0) is 12.8. The highest BCUT2D eigenvalue weighted by Gasteiger charge is 2.02. The number of aromatic amines is 1. The summed E-state index contributed by atoms with van der Waals surface area (Å²) in [6.07, 6.45) is 5.83. The van der Waals surface area contributed by atoms with Crippen molar-refractivity contribution in [1.82, 2.24) is 4.98 Å². The molecule has 0 atom stereocenters. The van der Waals surface area contributed by atoms with E-state index in [9.17, 15) is 4.39 Å². The molecule has 0 radical (unpaired) electrons. The van der Waals surface area contributed by atoms with Crippen molar-refractivity contribution in [2.75, 3.05) is 0 Å². The number of H-pyrrole nitrogens is 1. The Labute approximate surface area is 107 Å². The van der Waals surface area contributed by atoms with Gasteiger partial charge in [0.25, 0.3) is 0 Å². The SMILES string of the molecule is CCCCCCC#Cc1cc2c(F)cccc2[nH]1. The molecule has 0 aliphatic carbocycles. The third-order valence-corrected chi connectivity index (χ3v) is 2.99. The van der Waals surface area contributed by atoms with Gasteiger partial charge in [-0.05, 0) is 30.5 Å². The first-order valence-electron chi connectivity index (χ1n) is 6.57. The third kappa shape index (κ3) is 3.13. The van der Waals surface area contributed by atoms with E-state index in [0.717, 1.165) is 24.1 Å². The predicted octanol–water partition coefficient (Wildman–Crippen LogP) is 4.63. The van der Waals surface area contributed by atoms with Crippen LogP contribution in [0.5, 0.6) is 0 Å². The highest BCUT2D eigenvalue weighted by atomic mass is 19.1. The van der Waals surface area contributed by atoms with Crippen LogP contribution in [-0.2, 0) is 0 Å². The fourth-order valence-corrected chi connectivity index (χ4v) is 1.98. The predicted molar refractivity (Wildman–Crippen MR) is 73.9 cm³/mol. The van der Waals surface area contributed by atoms with E-state index in [1.54, 1.807) is 12.1 Å². The van der Waals surface area contributed by atoms with Gasteiger partial charge in [0.2, 0.25) is 0 Å². The summed E-state index contributed by atoms with van der Waals surface area (Å²) in [5.41, 5.74) is 1.61. The van der Waals surface area contributed by atoms with Crippen LogP contribution in [0.4, 0.5) is 4.39 Å². The molecule has 0 saturated carbocycles. The Hall–Kier alpha value is -1.75. The van der Waals surface area contributed by atoms with Gasteiger partial charge >= 0.3 is 0 Å². The van der Waals surface area contributed by atoms with Crippen molar-refractivity contribution >= 4 is 10.9 Å². The zero-order valence-corrected chi connectivity index (χ0v) is 10.7. The van der Waals surface area contributed by atoms with Crippen LogP contribution in [0.15, 0.2) is 24.3 Å². The largest absolute Gasteiger partial charge is 0.348 e. The van der Waals surface area contributed by atoms with E-state index in [1.807, 2.05) is 6.07 Å². The number of rotatable bonds is 4. The Bertz CT molecular complexity index is 572. The standard InChI is InChI=1S/C16H18FN/c1-2-3-4-5-6-7-9-13-12-14-15(17)10-8-11-16(14)18-13/h8,10-12,18H,2-6H2,1H3. The fraction of sp³-hybridized carbons (Fsp3) is 0.375. The maximum Gasteiger partial charge on any atom is 0.132 e. The van der Waals surface area contributed by atoms with E-state index in [-0.39, 0.29) is 5.82 Å². The molecule has 1 aromatic heterocycles. The lowest BCUT2D eigenvalue weighted by atomic mass is 10.1. The number of aromatic nitrogens is 1. The van der Waals surface area contributed by atoms with Crippen LogP contribution in [0.1, 0.15) is 44.7 Å². The quantitative estimate of drug-likeness (QED) is 0.595. The van der Waals surface area contributed by atoms with E-state index in [0.29, 0.717) is 5.39 Å². The molecule has 0 aliphatic heterocycles. The first-order valence-corrected chi connectivity index (χ1v) is 6.57. The summed E-state index contributed by atoms with van der Waals surface area (Å²) in [4.78, 5) is 3.12. The van der Waals surface area contributed by atoms with Gasteiger partial charge in [-0.2, -0.15) is 0 Å². The van der Waals surface area contributed by atoms with Crippen molar-refractivity contribution in [1.29, 1.82) is 0 Å². The van der Waals surface area contributed by atoms with Gasteiger partial charge in [-0.3, -0.25) is 0 Å². The van der Waals surface area contributed by atoms with Gasteiger partial charge in [0.15, 0.2) is 0 Å². The Morgan fingerprint density at radius 2 is 2.11 bits per heavy atom. The maximum atomic E-state index is 13.5. The van der Waals surface area contributed by atoms with Gasteiger partial charge in [0.1, 0.15) is 5.82 Å². The number of hydrogen-bond acceptors (Lipinski definition) is 0. The van der Waals surface area contributed by atoms with Crippen LogP contribution in [0.3, 0.4) is 0 Å². The molecule has 0 bridgehead atoms. The van der Waals surface area contributed by atoms with E-state index in [2.05, 4.69) is 23.7 Å². The number of nitrogens with one attached hydrogen (secondary N) is 1. The number of unbranched alkanes of at least 4 members (excludes halogenated alkanes) is 4. The van der Waals surface area contributed by atoms with Gasteiger partial charge in [0, 0.05) is 17.3 Å². The summed E-state index contributed by atoms with van der Waals surface area (Å²) in [7, 11) is 0. The zero-order valence-electron chi connectivity index (χ0n) is 10.7. The summed E-state index contributed by atoms with van der Waals surface area (Å²) in [5, 5.41) is 0.618. The molecule has 0 spiro atoms. The lowest BCUT2D eigenvalue weighted by Gasteiger charge is -1.91. The highest BCUT2D eigenvalue weighted by molar-refractivity contribution is 5.81. The van der Waals surface area contributed by atoms with Crippen LogP contribution >= 0.6 is 0 Å². The molecule has 2 heteroatoms. The average Bonchev–Trinajstić information content (AvgIpc) is 2.78. The lowest BCUT2D eigenvalue weighted by molar-refractivity contribution is 0.640. The Morgan fingerprint density at radius 1 is 1.22 bits per heavy atom. The van der Waals surface area contributed by atoms with Crippen LogP contribution in [0, 0.1) is 17.7 Å². The average molecular weight is 243 g/mol. The first-order chi connectivity index (χ1) is 8.81. The molecule has 0 saturated heterocycles. The van der Waals surface area contributed by atoms with Crippen molar-refractivity contribution in [2.24, 2.45) is 0 Å². The minimum atomic E-state index is -0.195. The second-order valence-electron chi connectivity index (χ2n) is 4.50. The molecule has 0 fully saturated rings. The molecular weight excluding hydrogens is 225 g/mol. The normalized spacial score (nSPS) is 10.3. The number of fused-ring (bicyclic) bond motifs is 1. The minimum Gasteiger partial charge on any atom is -0.348 e. The van der Waals surface area contributed by atoms with Crippen molar-refractivity contribution in [3.8, 4) is 11.8 Å². The molecule has 0 aliphatic rings. The van der Waals surface area contributed by atoms with Crippen molar-refractivity contribution < 1.29 is 4.39 Å². The van der Waals surface area contributed by atoms with Crippen LogP contribution in [0.2, 0.25) is 0 Å². The maximum absolute atomic E-state index is 13.5. The summed E-state index contributed by atoms with van der Waals surface area (Å²) in [5.74, 6) is 6.01. The molecule has 0 amide bonds. The smallest absolute Gasteiger partial charge is 0.132 e. The van der Waals surface area contributed by atoms with Gasteiger partial charge in [-0.25, -0.2) is 4.39 Å². The van der Waals surface area contributed by atoms with Gasteiger partial charge in [-0.1, -0.05) is 38.2 Å². The highest BCUT2D eigenvalue weighted by Crippen LogP contribution is 2.17. The lowest BCUT2D eigenvalue weighted by Crippen LogP contribution is -1.75. The number of halogens is 1.